The molecule has 0 bridgehead atoms. The smallest absolute Gasteiger partial charge is 0.238 e. The second-order valence-corrected chi connectivity index (χ2v) is 7.05. The van der Waals surface area contributed by atoms with Crippen LogP contribution < -0.4 is 5.32 Å². The maximum Gasteiger partial charge on any atom is 0.238 e. The van der Waals surface area contributed by atoms with Gasteiger partial charge in [0.15, 0.2) is 0 Å². The van der Waals surface area contributed by atoms with Gasteiger partial charge in [-0.1, -0.05) is 30.3 Å². The molecule has 1 amide bonds. The maximum absolute atomic E-state index is 12.3. The second-order valence-electron chi connectivity index (χ2n) is 7.05. The average Bonchev–Trinajstić information content (AvgIpc) is 3.08. The van der Waals surface area contributed by atoms with Gasteiger partial charge in [0.1, 0.15) is 5.82 Å². The van der Waals surface area contributed by atoms with E-state index < -0.39 is 0 Å². The van der Waals surface area contributed by atoms with Crippen molar-refractivity contribution in [1.29, 1.82) is 0 Å². The van der Waals surface area contributed by atoms with E-state index in [9.17, 15) is 4.79 Å². The van der Waals surface area contributed by atoms with Gasteiger partial charge < -0.3 is 10.3 Å². The van der Waals surface area contributed by atoms with Crippen molar-refractivity contribution in [1.82, 2.24) is 14.9 Å². The summed E-state index contributed by atoms with van der Waals surface area (Å²) in [6.45, 7) is 4.29. The fraction of sp³-hybridized carbons (Fsp3) is 0.333. The van der Waals surface area contributed by atoms with Crippen molar-refractivity contribution in [2.45, 2.75) is 25.7 Å². The molecule has 5 heteroatoms. The fourth-order valence-corrected chi connectivity index (χ4v) is 3.64. The minimum absolute atomic E-state index is 0.0569. The van der Waals surface area contributed by atoms with E-state index >= 15 is 0 Å². The number of likely N-dealkylation sites (tertiary alicyclic amines) is 1. The van der Waals surface area contributed by atoms with Crippen LogP contribution in [0.5, 0.6) is 0 Å². The Bertz CT molecular complexity index is 876. The fourth-order valence-electron chi connectivity index (χ4n) is 3.64. The highest BCUT2D eigenvalue weighted by Gasteiger charge is 2.24. The Morgan fingerprint density at radius 2 is 1.88 bits per heavy atom. The summed E-state index contributed by atoms with van der Waals surface area (Å²) in [5.41, 5.74) is 4.11. The number of nitrogens with one attached hydrogen (secondary N) is 2. The van der Waals surface area contributed by atoms with Gasteiger partial charge in [-0.05, 0) is 56.6 Å². The first-order valence-electron chi connectivity index (χ1n) is 9.21. The summed E-state index contributed by atoms with van der Waals surface area (Å²) in [5.74, 6) is 1.58. The Labute approximate surface area is 153 Å². The van der Waals surface area contributed by atoms with Gasteiger partial charge in [-0.25, -0.2) is 4.98 Å². The third-order valence-electron chi connectivity index (χ3n) is 5.17. The first-order valence-corrected chi connectivity index (χ1v) is 9.21. The molecule has 2 N–H and O–H groups in total. The number of hydrogen-bond acceptors (Lipinski definition) is 3. The predicted octanol–water partition coefficient (Wildman–Crippen LogP) is 3.69. The summed E-state index contributed by atoms with van der Waals surface area (Å²) in [5, 5.41) is 3.02. The molecule has 0 radical (unpaired) electrons. The van der Waals surface area contributed by atoms with Gasteiger partial charge in [-0.3, -0.25) is 9.69 Å². The standard InChI is InChI=1S/C21H24N4O/c1-15-6-2-3-7-17(15)22-20(26)14-25-12-10-16(11-13-25)21-23-18-8-4-5-9-19(18)24-21/h2-9,16H,10-14H2,1H3,(H,22,26)(H,23,24). The van der Waals surface area contributed by atoms with Gasteiger partial charge in [0.2, 0.25) is 5.91 Å². The summed E-state index contributed by atoms with van der Waals surface area (Å²) in [4.78, 5) is 22.7. The molecule has 0 spiro atoms. The molecule has 1 fully saturated rings. The minimum atomic E-state index is 0.0569. The number of para-hydroxylation sites is 3. The first-order chi connectivity index (χ1) is 12.7. The quantitative estimate of drug-likeness (QED) is 0.756. The Kier molecular flexibility index (Phi) is 4.71. The van der Waals surface area contributed by atoms with Crippen LogP contribution in [0.25, 0.3) is 11.0 Å². The van der Waals surface area contributed by atoms with Crippen LogP contribution in [0.1, 0.15) is 30.1 Å². The molecule has 5 nitrogen and oxygen atoms in total. The highest BCUT2D eigenvalue weighted by Crippen LogP contribution is 2.27. The minimum Gasteiger partial charge on any atom is -0.342 e. The topological polar surface area (TPSA) is 61.0 Å². The van der Waals surface area contributed by atoms with E-state index in [-0.39, 0.29) is 5.91 Å². The van der Waals surface area contributed by atoms with Crippen LogP contribution in [-0.2, 0) is 4.79 Å². The molecule has 26 heavy (non-hydrogen) atoms. The molecule has 0 saturated carbocycles. The number of aromatic amines is 1. The van der Waals surface area contributed by atoms with Gasteiger partial charge in [0, 0.05) is 11.6 Å². The van der Waals surface area contributed by atoms with Crippen molar-refractivity contribution < 1.29 is 4.79 Å². The molecule has 1 saturated heterocycles. The van der Waals surface area contributed by atoms with Crippen LogP contribution in [0.3, 0.4) is 0 Å². The lowest BCUT2D eigenvalue weighted by Gasteiger charge is -2.30. The number of carbonyl (C=O) groups excluding carboxylic acids is 1. The lowest BCUT2D eigenvalue weighted by molar-refractivity contribution is -0.117. The van der Waals surface area contributed by atoms with E-state index in [1.807, 2.05) is 49.4 Å². The average molecular weight is 348 g/mol. The van der Waals surface area contributed by atoms with Crippen LogP contribution in [0.15, 0.2) is 48.5 Å². The number of nitrogens with zero attached hydrogens (tertiary/aromatic N) is 2. The van der Waals surface area contributed by atoms with Gasteiger partial charge in [-0.15, -0.1) is 0 Å². The Hall–Kier alpha value is -2.66. The summed E-state index contributed by atoms with van der Waals surface area (Å²) < 4.78 is 0. The van der Waals surface area contributed by atoms with Crippen molar-refractivity contribution >= 4 is 22.6 Å². The molecule has 1 aromatic heterocycles. The van der Waals surface area contributed by atoms with Gasteiger partial charge in [-0.2, -0.15) is 0 Å². The molecular formula is C21H24N4O. The molecule has 1 aliphatic heterocycles. The van der Waals surface area contributed by atoms with Crippen molar-refractivity contribution in [3.8, 4) is 0 Å². The third kappa shape index (κ3) is 3.63. The van der Waals surface area contributed by atoms with Crippen LogP contribution in [-0.4, -0.2) is 40.4 Å². The van der Waals surface area contributed by atoms with E-state index in [1.54, 1.807) is 0 Å². The van der Waals surface area contributed by atoms with E-state index in [2.05, 4.69) is 21.3 Å². The van der Waals surface area contributed by atoms with E-state index in [0.29, 0.717) is 12.5 Å². The zero-order chi connectivity index (χ0) is 17.9. The Morgan fingerprint density at radius 3 is 2.65 bits per heavy atom. The number of amides is 1. The second kappa shape index (κ2) is 7.30. The molecule has 1 aliphatic rings. The highest BCUT2D eigenvalue weighted by molar-refractivity contribution is 5.92. The molecule has 3 aromatic rings. The Balaban J connectivity index is 1.32. The van der Waals surface area contributed by atoms with Crippen LogP contribution >= 0.6 is 0 Å². The van der Waals surface area contributed by atoms with Gasteiger partial charge >= 0.3 is 0 Å². The molecule has 0 unspecified atom stereocenters. The van der Waals surface area contributed by atoms with Crippen LogP contribution in [0, 0.1) is 6.92 Å². The number of aromatic nitrogens is 2. The number of benzene rings is 2. The van der Waals surface area contributed by atoms with Crippen molar-refractivity contribution in [3.63, 3.8) is 0 Å². The molecule has 2 heterocycles. The first kappa shape index (κ1) is 16.8. The van der Waals surface area contributed by atoms with Gasteiger partial charge in [0.25, 0.3) is 0 Å². The number of aryl methyl sites for hydroxylation is 1. The van der Waals surface area contributed by atoms with Crippen LogP contribution in [0.2, 0.25) is 0 Å². The summed E-state index contributed by atoms with van der Waals surface area (Å²) >= 11 is 0. The van der Waals surface area contributed by atoms with E-state index in [4.69, 9.17) is 4.98 Å². The van der Waals surface area contributed by atoms with Crippen molar-refractivity contribution in [2.24, 2.45) is 0 Å². The van der Waals surface area contributed by atoms with Crippen molar-refractivity contribution in [2.75, 3.05) is 25.0 Å². The Morgan fingerprint density at radius 1 is 1.15 bits per heavy atom. The number of imidazole rings is 1. The largest absolute Gasteiger partial charge is 0.342 e. The lowest BCUT2D eigenvalue weighted by Crippen LogP contribution is -2.39. The molecule has 0 atom stereocenters. The summed E-state index contributed by atoms with van der Waals surface area (Å²) in [6.07, 6.45) is 2.05. The molecule has 0 aliphatic carbocycles. The summed E-state index contributed by atoms with van der Waals surface area (Å²) in [7, 11) is 0. The number of piperidine rings is 1. The lowest BCUT2D eigenvalue weighted by atomic mass is 9.96. The maximum atomic E-state index is 12.3. The predicted molar refractivity (Wildman–Crippen MR) is 104 cm³/mol. The zero-order valence-corrected chi connectivity index (χ0v) is 15.0. The SMILES string of the molecule is Cc1ccccc1NC(=O)CN1CCC(c2nc3ccccc3[nH]2)CC1. The normalized spacial score (nSPS) is 16.0. The molecule has 2 aromatic carbocycles. The summed E-state index contributed by atoms with van der Waals surface area (Å²) in [6, 6.07) is 16.0. The monoisotopic (exact) mass is 348 g/mol. The number of H-pyrrole nitrogens is 1. The van der Waals surface area contributed by atoms with Crippen molar-refractivity contribution in [3.05, 3.63) is 59.9 Å². The number of rotatable bonds is 4. The number of fused-ring (bicyclic) bond motifs is 1. The third-order valence-corrected chi connectivity index (χ3v) is 5.17. The molecule has 134 valence electrons. The zero-order valence-electron chi connectivity index (χ0n) is 15.0. The highest BCUT2D eigenvalue weighted by atomic mass is 16.2. The van der Waals surface area contributed by atoms with E-state index in [1.165, 1.54) is 0 Å². The molecule has 4 rings (SSSR count). The van der Waals surface area contributed by atoms with Crippen LogP contribution in [0.4, 0.5) is 5.69 Å². The number of carbonyl (C=O) groups is 1. The van der Waals surface area contributed by atoms with E-state index in [0.717, 1.165) is 54.0 Å². The number of anilines is 1. The number of hydrogen-bond donors (Lipinski definition) is 2. The molecular weight excluding hydrogens is 324 g/mol. The van der Waals surface area contributed by atoms with Gasteiger partial charge in [0.05, 0.1) is 17.6 Å².